The maximum absolute atomic E-state index is 4.41. The minimum Gasteiger partial charge on any atom is -0.288 e. The van der Waals surface area contributed by atoms with E-state index in [2.05, 4.69) is 68.8 Å². The average molecular weight is 279 g/mol. The first-order chi connectivity index (χ1) is 10.1. The van der Waals surface area contributed by atoms with Crippen LogP contribution in [0.15, 0.2) is 77.9 Å². The number of nitrogens with zero attached hydrogens (tertiary/aromatic N) is 1. The van der Waals surface area contributed by atoms with Gasteiger partial charge in [0.2, 0.25) is 0 Å². The van der Waals surface area contributed by atoms with E-state index in [1.807, 2.05) is 30.5 Å². The van der Waals surface area contributed by atoms with Gasteiger partial charge >= 0.3 is 0 Å². The van der Waals surface area contributed by atoms with E-state index in [4.69, 9.17) is 0 Å². The minimum atomic E-state index is 0.420. The second-order valence-corrected chi connectivity index (χ2v) is 5.14. The first-order valence-electron chi connectivity index (χ1n) is 7.33. The Bertz CT molecular complexity index is 559. The fourth-order valence-electron chi connectivity index (χ4n) is 1.86. The molecule has 1 unspecified atom stereocenters. The van der Waals surface area contributed by atoms with Crippen LogP contribution in [0, 0.1) is 12.8 Å². The summed E-state index contributed by atoms with van der Waals surface area (Å²) in [6.07, 6.45) is 14.3. The van der Waals surface area contributed by atoms with Gasteiger partial charge < -0.3 is 0 Å². The molecule has 110 valence electrons. The monoisotopic (exact) mass is 279 g/mol. The van der Waals surface area contributed by atoms with Gasteiger partial charge in [0.25, 0.3) is 0 Å². The molecule has 1 aromatic rings. The normalized spacial score (nSPS) is 14.3. The highest BCUT2D eigenvalue weighted by atomic mass is 14.7. The number of aliphatic imine (C=N–C) groups is 1. The van der Waals surface area contributed by atoms with Gasteiger partial charge in [-0.2, -0.15) is 0 Å². The average Bonchev–Trinajstić information content (AvgIpc) is 2.47. The third-order valence-corrected chi connectivity index (χ3v) is 3.14. The van der Waals surface area contributed by atoms with Crippen molar-refractivity contribution >= 4 is 6.21 Å². The summed E-state index contributed by atoms with van der Waals surface area (Å²) in [4.78, 5) is 4.41. The fourth-order valence-corrected chi connectivity index (χ4v) is 1.86. The molecule has 0 radical (unpaired) electrons. The Kier molecular flexibility index (Phi) is 7.81. The highest BCUT2D eigenvalue weighted by Gasteiger charge is 1.91. The van der Waals surface area contributed by atoms with Crippen LogP contribution >= 0.6 is 0 Å². The predicted octanol–water partition coefficient (Wildman–Crippen LogP) is 5.29. The van der Waals surface area contributed by atoms with E-state index in [1.54, 1.807) is 0 Å². The largest absolute Gasteiger partial charge is 0.288 e. The Hall–Kier alpha value is -2.15. The summed E-state index contributed by atoms with van der Waals surface area (Å²) in [5.74, 6) is 0.420. The molecule has 0 saturated heterocycles. The van der Waals surface area contributed by atoms with Crippen molar-refractivity contribution in [1.29, 1.82) is 0 Å². The van der Waals surface area contributed by atoms with E-state index in [9.17, 15) is 0 Å². The van der Waals surface area contributed by atoms with Crippen molar-refractivity contribution in [3.05, 3.63) is 84.0 Å². The van der Waals surface area contributed by atoms with Gasteiger partial charge in [-0.1, -0.05) is 79.8 Å². The minimum absolute atomic E-state index is 0.420. The Morgan fingerprint density at radius 3 is 2.76 bits per heavy atom. The first kappa shape index (κ1) is 16.9. The van der Waals surface area contributed by atoms with Crippen LogP contribution in [0.25, 0.3) is 0 Å². The summed E-state index contributed by atoms with van der Waals surface area (Å²) in [5, 5.41) is 0. The molecular formula is C20H25N. The zero-order valence-electron chi connectivity index (χ0n) is 13.3. The van der Waals surface area contributed by atoms with Gasteiger partial charge in [0.05, 0.1) is 6.54 Å². The van der Waals surface area contributed by atoms with Crippen LogP contribution in [0.1, 0.15) is 25.0 Å². The van der Waals surface area contributed by atoms with Gasteiger partial charge in [-0.05, 0) is 30.9 Å². The van der Waals surface area contributed by atoms with Crippen LogP contribution in [0.5, 0.6) is 0 Å². The second-order valence-electron chi connectivity index (χ2n) is 5.14. The fraction of sp³-hybridized carbons (Fsp3) is 0.250. The van der Waals surface area contributed by atoms with Crippen molar-refractivity contribution in [2.75, 3.05) is 6.54 Å². The molecule has 0 aliphatic carbocycles. The topological polar surface area (TPSA) is 12.4 Å². The van der Waals surface area contributed by atoms with Crippen LogP contribution in [-0.2, 0) is 0 Å². The molecule has 21 heavy (non-hydrogen) atoms. The SMILES string of the molecule is C=C/C(C)=C/C(C)/C=C\C=C/C/N=C/c1ccccc1C. The number of benzene rings is 1. The van der Waals surface area contributed by atoms with Gasteiger partial charge in [-0.3, -0.25) is 4.99 Å². The molecular weight excluding hydrogens is 254 g/mol. The van der Waals surface area contributed by atoms with Crippen molar-refractivity contribution in [3.8, 4) is 0 Å². The van der Waals surface area contributed by atoms with Crippen molar-refractivity contribution < 1.29 is 0 Å². The number of aryl methyl sites for hydroxylation is 1. The Morgan fingerprint density at radius 1 is 1.29 bits per heavy atom. The summed E-state index contributed by atoms with van der Waals surface area (Å²) in [6, 6.07) is 8.26. The third kappa shape index (κ3) is 7.26. The van der Waals surface area contributed by atoms with Crippen LogP contribution in [0.4, 0.5) is 0 Å². The molecule has 1 heteroatoms. The van der Waals surface area contributed by atoms with E-state index in [0.717, 1.165) is 0 Å². The van der Waals surface area contributed by atoms with Crippen molar-refractivity contribution in [2.45, 2.75) is 20.8 Å². The molecule has 0 aliphatic rings. The molecule has 0 heterocycles. The quantitative estimate of drug-likeness (QED) is 0.475. The van der Waals surface area contributed by atoms with Crippen molar-refractivity contribution in [2.24, 2.45) is 10.9 Å². The predicted molar refractivity (Wildman–Crippen MR) is 95.0 cm³/mol. The van der Waals surface area contributed by atoms with Crippen molar-refractivity contribution in [3.63, 3.8) is 0 Å². The number of hydrogen-bond acceptors (Lipinski definition) is 1. The summed E-state index contributed by atoms with van der Waals surface area (Å²) in [6.45, 7) is 10.8. The lowest BCUT2D eigenvalue weighted by Crippen LogP contribution is -1.86. The molecule has 1 rings (SSSR count). The van der Waals surface area contributed by atoms with Crippen molar-refractivity contribution in [1.82, 2.24) is 0 Å². The van der Waals surface area contributed by atoms with Gasteiger partial charge in [0.1, 0.15) is 0 Å². The molecule has 1 nitrogen and oxygen atoms in total. The van der Waals surface area contributed by atoms with Gasteiger partial charge in [-0.25, -0.2) is 0 Å². The van der Waals surface area contributed by atoms with E-state index < -0.39 is 0 Å². The number of rotatable bonds is 7. The first-order valence-corrected chi connectivity index (χ1v) is 7.33. The summed E-state index contributed by atoms with van der Waals surface area (Å²) >= 11 is 0. The molecule has 0 fully saturated rings. The van der Waals surface area contributed by atoms with E-state index >= 15 is 0 Å². The third-order valence-electron chi connectivity index (χ3n) is 3.14. The van der Waals surface area contributed by atoms with Crippen LogP contribution in [-0.4, -0.2) is 12.8 Å². The smallest absolute Gasteiger partial charge is 0.0573 e. The standard InChI is InChI=1S/C20H25N/c1-5-17(2)15-18(3)11-7-6-10-14-21-16-20-13-9-8-12-19(20)4/h5-13,15-16,18H,1,14H2,2-4H3/b10-6-,11-7-,17-15+,21-16+. The molecule has 0 aromatic heterocycles. The molecule has 0 amide bonds. The lowest BCUT2D eigenvalue weighted by atomic mass is 10.1. The van der Waals surface area contributed by atoms with E-state index in [-0.39, 0.29) is 0 Å². The summed E-state index contributed by atoms with van der Waals surface area (Å²) in [5.41, 5.74) is 3.64. The van der Waals surface area contributed by atoms with E-state index in [1.165, 1.54) is 16.7 Å². The summed E-state index contributed by atoms with van der Waals surface area (Å²) < 4.78 is 0. The molecule has 1 atom stereocenters. The van der Waals surface area contributed by atoms with Crippen LogP contribution < -0.4 is 0 Å². The summed E-state index contributed by atoms with van der Waals surface area (Å²) in [7, 11) is 0. The lowest BCUT2D eigenvalue weighted by Gasteiger charge is -1.98. The second kappa shape index (κ2) is 9.71. The Balaban J connectivity index is 2.39. The van der Waals surface area contributed by atoms with Crippen LogP contribution in [0.3, 0.4) is 0 Å². The number of hydrogen-bond donors (Lipinski definition) is 0. The molecule has 0 saturated carbocycles. The molecule has 0 spiro atoms. The molecule has 0 bridgehead atoms. The lowest BCUT2D eigenvalue weighted by molar-refractivity contribution is 0.930. The highest BCUT2D eigenvalue weighted by Crippen LogP contribution is 2.05. The molecule has 0 aliphatic heterocycles. The highest BCUT2D eigenvalue weighted by molar-refractivity contribution is 5.81. The maximum Gasteiger partial charge on any atom is 0.0573 e. The Morgan fingerprint density at radius 2 is 2.05 bits per heavy atom. The van der Waals surface area contributed by atoms with Gasteiger partial charge in [0, 0.05) is 6.21 Å². The number of allylic oxidation sites excluding steroid dienone is 6. The zero-order valence-corrected chi connectivity index (χ0v) is 13.3. The zero-order chi connectivity index (χ0) is 15.5. The molecule has 1 aromatic carbocycles. The Labute approximate surface area is 129 Å². The van der Waals surface area contributed by atoms with Gasteiger partial charge in [0.15, 0.2) is 0 Å². The van der Waals surface area contributed by atoms with E-state index in [0.29, 0.717) is 12.5 Å². The molecule has 0 N–H and O–H groups in total. The van der Waals surface area contributed by atoms with Gasteiger partial charge in [-0.15, -0.1) is 0 Å². The maximum atomic E-state index is 4.41. The van der Waals surface area contributed by atoms with Crippen LogP contribution in [0.2, 0.25) is 0 Å².